The Balaban J connectivity index is 1.45. The lowest BCUT2D eigenvalue weighted by Gasteiger charge is -2.31. The first kappa shape index (κ1) is 20.8. The molecule has 0 aliphatic carbocycles. The van der Waals surface area contributed by atoms with Crippen LogP contribution in [0, 0.1) is 12.7 Å². The van der Waals surface area contributed by atoms with Crippen LogP contribution in [0.25, 0.3) is 10.2 Å². The maximum absolute atomic E-state index is 13.3. The summed E-state index contributed by atoms with van der Waals surface area (Å²) in [4.78, 5) is 4.42. The quantitative estimate of drug-likeness (QED) is 0.515. The molecule has 5 nitrogen and oxygen atoms in total. The van der Waals surface area contributed by atoms with E-state index >= 15 is 0 Å². The maximum Gasteiger partial charge on any atom is 0.274 e. The zero-order valence-corrected chi connectivity index (χ0v) is 18.5. The molecule has 0 spiro atoms. The molecule has 1 aliphatic rings. The van der Waals surface area contributed by atoms with Crippen molar-refractivity contribution in [3.05, 3.63) is 51.8 Å². The number of fused-ring (bicyclic) bond motifs is 1. The maximum atomic E-state index is 13.3. The third-order valence-corrected chi connectivity index (χ3v) is 8.51. The standard InChI is InChI=1S/C19H17Cl2FN2O3S2/c1-11-8-18(15(21)10-14(11)20)29(25,26)24-6-4-13(5-7-24)27-19-23-16-3-2-12(22)9-17(16)28-19/h2-3,8-10,13H,4-7H2,1H3. The van der Waals surface area contributed by atoms with E-state index in [9.17, 15) is 12.8 Å². The number of nitrogens with zero attached hydrogens (tertiary/aromatic N) is 2. The minimum Gasteiger partial charge on any atom is -0.467 e. The minimum atomic E-state index is -3.72. The van der Waals surface area contributed by atoms with Gasteiger partial charge in [0.1, 0.15) is 16.8 Å². The number of aromatic nitrogens is 1. The van der Waals surface area contributed by atoms with Crippen LogP contribution in [0.4, 0.5) is 4.39 Å². The van der Waals surface area contributed by atoms with Crippen molar-refractivity contribution in [1.82, 2.24) is 9.29 Å². The summed E-state index contributed by atoms with van der Waals surface area (Å²) in [5, 5.41) is 1.00. The number of aryl methyl sites for hydroxylation is 1. The molecule has 0 bridgehead atoms. The topological polar surface area (TPSA) is 59.5 Å². The molecule has 154 valence electrons. The van der Waals surface area contributed by atoms with Crippen LogP contribution < -0.4 is 4.74 Å². The number of benzene rings is 2. The summed E-state index contributed by atoms with van der Waals surface area (Å²) in [6.07, 6.45) is 0.885. The van der Waals surface area contributed by atoms with Crippen LogP contribution >= 0.6 is 34.5 Å². The highest BCUT2D eigenvalue weighted by Crippen LogP contribution is 2.33. The first-order chi connectivity index (χ1) is 13.7. The van der Waals surface area contributed by atoms with Gasteiger partial charge in [-0.25, -0.2) is 17.8 Å². The van der Waals surface area contributed by atoms with E-state index in [0.717, 1.165) is 0 Å². The summed E-state index contributed by atoms with van der Waals surface area (Å²) in [6, 6.07) is 7.35. The molecule has 2 aromatic carbocycles. The molecule has 0 amide bonds. The van der Waals surface area contributed by atoms with E-state index in [1.807, 2.05) is 0 Å². The van der Waals surface area contributed by atoms with Gasteiger partial charge < -0.3 is 4.74 Å². The van der Waals surface area contributed by atoms with Gasteiger partial charge in [-0.2, -0.15) is 4.31 Å². The lowest BCUT2D eigenvalue weighted by molar-refractivity contribution is 0.135. The fraction of sp³-hybridized carbons (Fsp3) is 0.316. The summed E-state index contributed by atoms with van der Waals surface area (Å²) < 4.78 is 47.4. The van der Waals surface area contributed by atoms with E-state index in [0.29, 0.717) is 51.9 Å². The molecule has 1 saturated heterocycles. The number of piperidine rings is 1. The van der Waals surface area contributed by atoms with Gasteiger partial charge in [-0.3, -0.25) is 0 Å². The number of hydrogen-bond donors (Lipinski definition) is 0. The zero-order valence-electron chi connectivity index (χ0n) is 15.4. The van der Waals surface area contributed by atoms with Gasteiger partial charge in [0.15, 0.2) is 0 Å². The molecule has 2 heterocycles. The molecule has 1 aromatic heterocycles. The minimum absolute atomic E-state index is 0.0636. The smallest absolute Gasteiger partial charge is 0.274 e. The Morgan fingerprint density at radius 1 is 1.17 bits per heavy atom. The lowest BCUT2D eigenvalue weighted by Crippen LogP contribution is -2.41. The predicted molar refractivity (Wildman–Crippen MR) is 113 cm³/mol. The second-order valence-corrected chi connectivity index (χ2v) is 10.6. The van der Waals surface area contributed by atoms with Gasteiger partial charge in [0.05, 0.1) is 15.2 Å². The summed E-state index contributed by atoms with van der Waals surface area (Å²) in [5.41, 5.74) is 1.33. The van der Waals surface area contributed by atoms with Gasteiger partial charge in [0.2, 0.25) is 10.0 Å². The molecule has 4 rings (SSSR count). The Labute approximate surface area is 182 Å². The van der Waals surface area contributed by atoms with E-state index in [1.165, 1.54) is 39.9 Å². The van der Waals surface area contributed by atoms with Gasteiger partial charge in [-0.05, 0) is 55.7 Å². The molecule has 10 heteroatoms. The highest BCUT2D eigenvalue weighted by molar-refractivity contribution is 7.89. The van der Waals surface area contributed by atoms with Crippen molar-refractivity contribution in [3.8, 4) is 5.19 Å². The molecular weight excluding hydrogens is 458 g/mol. The van der Waals surface area contributed by atoms with Crippen molar-refractivity contribution in [1.29, 1.82) is 0 Å². The van der Waals surface area contributed by atoms with E-state index < -0.39 is 10.0 Å². The number of ether oxygens (including phenoxy) is 1. The SMILES string of the molecule is Cc1cc(S(=O)(=O)N2CCC(Oc3nc4ccc(F)cc4s3)CC2)c(Cl)cc1Cl. The second-order valence-electron chi connectivity index (χ2n) is 6.84. The lowest BCUT2D eigenvalue weighted by atomic mass is 10.1. The number of rotatable bonds is 4. The van der Waals surface area contributed by atoms with E-state index in [2.05, 4.69) is 4.98 Å². The molecule has 3 aromatic rings. The Morgan fingerprint density at radius 2 is 1.90 bits per heavy atom. The summed E-state index contributed by atoms with van der Waals surface area (Å²) >= 11 is 13.4. The average molecular weight is 475 g/mol. The summed E-state index contributed by atoms with van der Waals surface area (Å²) in [6.45, 7) is 2.36. The molecule has 0 unspecified atom stereocenters. The van der Waals surface area contributed by atoms with E-state index in [1.54, 1.807) is 13.0 Å². The normalized spacial score (nSPS) is 16.4. The first-order valence-corrected chi connectivity index (χ1v) is 11.9. The van der Waals surface area contributed by atoms with Crippen LogP contribution in [0.1, 0.15) is 18.4 Å². The molecule has 29 heavy (non-hydrogen) atoms. The van der Waals surface area contributed by atoms with Crippen molar-refractivity contribution in [3.63, 3.8) is 0 Å². The molecule has 0 radical (unpaired) electrons. The average Bonchev–Trinajstić information content (AvgIpc) is 3.06. The Morgan fingerprint density at radius 3 is 2.62 bits per heavy atom. The number of halogens is 3. The van der Waals surface area contributed by atoms with Crippen LogP contribution in [-0.2, 0) is 10.0 Å². The van der Waals surface area contributed by atoms with E-state index in [4.69, 9.17) is 27.9 Å². The van der Waals surface area contributed by atoms with Crippen LogP contribution in [0.5, 0.6) is 5.19 Å². The molecule has 1 aliphatic heterocycles. The molecule has 0 N–H and O–H groups in total. The molecular formula is C19H17Cl2FN2O3S2. The number of hydrogen-bond acceptors (Lipinski definition) is 5. The van der Waals surface area contributed by atoms with Gasteiger partial charge in [-0.1, -0.05) is 34.5 Å². The Kier molecular flexibility index (Phi) is 5.74. The fourth-order valence-corrected chi connectivity index (χ4v) is 6.41. The Hall–Kier alpha value is -1.45. The van der Waals surface area contributed by atoms with Gasteiger partial charge in [0, 0.05) is 18.1 Å². The van der Waals surface area contributed by atoms with Crippen molar-refractivity contribution in [2.75, 3.05) is 13.1 Å². The number of thiazole rings is 1. The highest BCUT2D eigenvalue weighted by atomic mass is 35.5. The summed E-state index contributed by atoms with van der Waals surface area (Å²) in [7, 11) is -3.72. The second kappa shape index (κ2) is 8.00. The van der Waals surface area contributed by atoms with Crippen molar-refractivity contribution >= 4 is 54.8 Å². The fourth-order valence-electron chi connectivity index (χ4n) is 3.23. The number of sulfonamides is 1. The Bertz CT molecular complexity index is 1180. The zero-order chi connectivity index (χ0) is 20.8. The first-order valence-electron chi connectivity index (χ1n) is 8.92. The van der Waals surface area contributed by atoms with Crippen molar-refractivity contribution in [2.45, 2.75) is 30.8 Å². The monoisotopic (exact) mass is 474 g/mol. The van der Waals surface area contributed by atoms with Gasteiger partial charge in [0.25, 0.3) is 5.19 Å². The molecule has 0 atom stereocenters. The van der Waals surface area contributed by atoms with Gasteiger partial charge in [-0.15, -0.1) is 0 Å². The van der Waals surface area contributed by atoms with E-state index in [-0.39, 0.29) is 21.8 Å². The van der Waals surface area contributed by atoms with Crippen molar-refractivity contribution < 1.29 is 17.5 Å². The third kappa shape index (κ3) is 4.22. The predicted octanol–water partition coefficient (Wildman–Crippen LogP) is 5.28. The third-order valence-electron chi connectivity index (χ3n) is 4.83. The van der Waals surface area contributed by atoms with Crippen LogP contribution in [0.3, 0.4) is 0 Å². The highest BCUT2D eigenvalue weighted by Gasteiger charge is 2.32. The van der Waals surface area contributed by atoms with Crippen LogP contribution in [0.2, 0.25) is 10.0 Å². The van der Waals surface area contributed by atoms with Crippen LogP contribution in [0.15, 0.2) is 35.2 Å². The molecule has 0 saturated carbocycles. The van der Waals surface area contributed by atoms with Crippen molar-refractivity contribution in [2.24, 2.45) is 0 Å². The van der Waals surface area contributed by atoms with Crippen LogP contribution in [-0.4, -0.2) is 36.9 Å². The largest absolute Gasteiger partial charge is 0.467 e. The molecule has 1 fully saturated rings. The van der Waals surface area contributed by atoms with Gasteiger partial charge >= 0.3 is 0 Å². The summed E-state index contributed by atoms with van der Waals surface area (Å²) in [5.74, 6) is -0.317.